The molecule has 0 aliphatic rings. The zero-order valence-corrected chi connectivity index (χ0v) is 10.4. The molecule has 96 valence electrons. The Hall–Kier alpha value is -2.46. The van der Waals surface area contributed by atoms with E-state index in [1.807, 2.05) is 6.07 Å². The van der Waals surface area contributed by atoms with E-state index in [1.165, 1.54) is 28.8 Å². The molecule has 0 unspecified atom stereocenters. The van der Waals surface area contributed by atoms with Gasteiger partial charge >= 0.3 is 5.97 Å². The maximum atomic E-state index is 12.9. The number of benzene rings is 1. The van der Waals surface area contributed by atoms with Crippen LogP contribution in [-0.4, -0.2) is 16.1 Å². The normalized spacial score (nSPS) is 9.89. The monoisotopic (exact) mass is 277 g/mol. The Kier molecular flexibility index (Phi) is 3.73. The molecule has 0 atom stereocenters. The molecule has 2 N–H and O–H groups in total. The lowest BCUT2D eigenvalue weighted by Gasteiger charge is -2.06. The van der Waals surface area contributed by atoms with E-state index in [9.17, 15) is 9.18 Å². The summed E-state index contributed by atoms with van der Waals surface area (Å²) in [5, 5.41) is 22.5. The standard InChI is InChI=1S/C12H8FN3O2S/c13-8-1-2-9(7(3-8)4-14)15-5-11-16-10(6-19-11)12(17)18/h1-3,6,15H,5H2,(H,17,18). The topological polar surface area (TPSA) is 86.0 Å². The van der Waals surface area contributed by atoms with Crippen LogP contribution in [0.25, 0.3) is 0 Å². The molecule has 0 fully saturated rings. The highest BCUT2D eigenvalue weighted by Gasteiger charge is 2.09. The Balaban J connectivity index is 2.10. The van der Waals surface area contributed by atoms with E-state index < -0.39 is 11.8 Å². The molecule has 19 heavy (non-hydrogen) atoms. The first-order valence-electron chi connectivity index (χ1n) is 5.21. The number of hydrogen-bond donors (Lipinski definition) is 2. The van der Waals surface area contributed by atoms with Gasteiger partial charge in [-0.25, -0.2) is 14.2 Å². The van der Waals surface area contributed by atoms with E-state index in [0.29, 0.717) is 10.7 Å². The lowest BCUT2D eigenvalue weighted by Crippen LogP contribution is -2.03. The molecule has 2 rings (SSSR count). The second-order valence-electron chi connectivity index (χ2n) is 3.59. The molecule has 1 heterocycles. The lowest BCUT2D eigenvalue weighted by atomic mass is 10.2. The van der Waals surface area contributed by atoms with Crippen LogP contribution in [0.2, 0.25) is 0 Å². The number of carbonyl (C=O) groups is 1. The van der Waals surface area contributed by atoms with Crippen molar-refractivity contribution in [3.63, 3.8) is 0 Å². The summed E-state index contributed by atoms with van der Waals surface area (Å²) in [6.07, 6.45) is 0. The van der Waals surface area contributed by atoms with Crippen LogP contribution in [-0.2, 0) is 6.54 Å². The minimum absolute atomic E-state index is 0.0126. The molecule has 0 aliphatic heterocycles. The Bertz CT molecular complexity index is 663. The van der Waals surface area contributed by atoms with Crippen molar-refractivity contribution in [3.8, 4) is 6.07 Å². The van der Waals surface area contributed by atoms with E-state index in [1.54, 1.807) is 0 Å². The Morgan fingerprint density at radius 2 is 2.37 bits per heavy atom. The summed E-state index contributed by atoms with van der Waals surface area (Å²) in [6.45, 7) is 0.276. The van der Waals surface area contributed by atoms with E-state index in [-0.39, 0.29) is 17.8 Å². The number of halogens is 1. The first kappa shape index (κ1) is 13.0. The van der Waals surface area contributed by atoms with Crippen LogP contribution in [0.1, 0.15) is 21.1 Å². The predicted octanol–water partition coefficient (Wildman–Crippen LogP) is 2.46. The van der Waals surface area contributed by atoms with Gasteiger partial charge in [0.1, 0.15) is 16.9 Å². The summed E-state index contributed by atoms with van der Waals surface area (Å²) in [6, 6.07) is 5.72. The van der Waals surface area contributed by atoms with E-state index in [4.69, 9.17) is 10.4 Å². The maximum absolute atomic E-state index is 12.9. The molecule has 1 aromatic heterocycles. The summed E-state index contributed by atoms with van der Waals surface area (Å²) in [4.78, 5) is 14.6. The van der Waals surface area contributed by atoms with Gasteiger partial charge in [0, 0.05) is 5.38 Å². The minimum atomic E-state index is -1.08. The van der Waals surface area contributed by atoms with E-state index in [2.05, 4.69) is 10.3 Å². The fraction of sp³-hybridized carbons (Fsp3) is 0.0833. The van der Waals surface area contributed by atoms with Crippen LogP contribution < -0.4 is 5.32 Å². The minimum Gasteiger partial charge on any atom is -0.476 e. The van der Waals surface area contributed by atoms with Crippen molar-refractivity contribution in [2.45, 2.75) is 6.54 Å². The molecular weight excluding hydrogens is 269 g/mol. The van der Waals surface area contributed by atoms with Crippen molar-refractivity contribution >= 4 is 23.0 Å². The first-order chi connectivity index (χ1) is 9.10. The van der Waals surface area contributed by atoms with Gasteiger partial charge in [0.05, 0.1) is 17.8 Å². The number of anilines is 1. The average molecular weight is 277 g/mol. The van der Waals surface area contributed by atoms with Gasteiger partial charge in [0.2, 0.25) is 0 Å². The number of nitriles is 1. The molecule has 7 heteroatoms. The highest BCUT2D eigenvalue weighted by molar-refractivity contribution is 7.09. The van der Waals surface area contributed by atoms with E-state index >= 15 is 0 Å². The number of carboxylic acids is 1. The number of hydrogen-bond acceptors (Lipinski definition) is 5. The molecule has 0 spiro atoms. The molecule has 0 amide bonds. The average Bonchev–Trinajstić information content (AvgIpc) is 2.86. The molecule has 2 aromatic rings. The van der Waals surface area contributed by atoms with Crippen molar-refractivity contribution in [2.75, 3.05) is 5.32 Å². The van der Waals surface area contributed by atoms with Gasteiger partial charge in [-0.3, -0.25) is 0 Å². The third kappa shape index (κ3) is 3.05. The second kappa shape index (κ2) is 5.46. The van der Waals surface area contributed by atoms with Crippen molar-refractivity contribution in [1.29, 1.82) is 5.26 Å². The Morgan fingerprint density at radius 3 is 3.00 bits per heavy atom. The third-order valence-electron chi connectivity index (χ3n) is 2.30. The molecule has 0 saturated heterocycles. The number of rotatable bonds is 4. The molecule has 0 radical (unpaired) electrons. The maximum Gasteiger partial charge on any atom is 0.355 e. The number of aromatic nitrogens is 1. The lowest BCUT2D eigenvalue weighted by molar-refractivity contribution is 0.0691. The van der Waals surface area contributed by atoms with Crippen LogP contribution >= 0.6 is 11.3 Å². The van der Waals surface area contributed by atoms with Crippen LogP contribution in [0, 0.1) is 17.1 Å². The van der Waals surface area contributed by atoms with Crippen molar-refractivity contribution in [3.05, 3.63) is 45.7 Å². The summed E-state index contributed by atoms with van der Waals surface area (Å²) < 4.78 is 12.9. The third-order valence-corrected chi connectivity index (χ3v) is 3.15. The highest BCUT2D eigenvalue weighted by Crippen LogP contribution is 2.18. The Labute approximate surface area is 112 Å². The number of carboxylic acid groups (broad SMARTS) is 1. The molecule has 0 bridgehead atoms. The number of thiazole rings is 1. The van der Waals surface area contributed by atoms with Gasteiger partial charge in [-0.05, 0) is 18.2 Å². The molecule has 0 aliphatic carbocycles. The van der Waals surface area contributed by atoms with Crippen molar-refractivity contribution < 1.29 is 14.3 Å². The van der Waals surface area contributed by atoms with Crippen LogP contribution in [0.5, 0.6) is 0 Å². The fourth-order valence-corrected chi connectivity index (χ4v) is 2.13. The zero-order chi connectivity index (χ0) is 13.8. The zero-order valence-electron chi connectivity index (χ0n) is 9.55. The summed E-state index contributed by atoms with van der Waals surface area (Å²) in [7, 11) is 0. The first-order valence-corrected chi connectivity index (χ1v) is 6.09. The second-order valence-corrected chi connectivity index (χ2v) is 4.53. The van der Waals surface area contributed by atoms with Crippen molar-refractivity contribution in [1.82, 2.24) is 4.98 Å². The summed E-state index contributed by atoms with van der Waals surface area (Å²) in [5.74, 6) is -1.56. The summed E-state index contributed by atoms with van der Waals surface area (Å²) >= 11 is 1.20. The van der Waals surface area contributed by atoms with Crippen LogP contribution in [0.15, 0.2) is 23.6 Å². The van der Waals surface area contributed by atoms with Gasteiger partial charge in [-0.2, -0.15) is 5.26 Å². The van der Waals surface area contributed by atoms with Gasteiger partial charge in [-0.15, -0.1) is 11.3 Å². The van der Waals surface area contributed by atoms with Crippen LogP contribution in [0.3, 0.4) is 0 Å². The molecule has 0 saturated carbocycles. The Morgan fingerprint density at radius 1 is 1.58 bits per heavy atom. The number of aromatic carboxylic acids is 1. The SMILES string of the molecule is N#Cc1cc(F)ccc1NCc1nc(C(=O)O)cs1. The van der Waals surface area contributed by atoms with Gasteiger partial charge in [0.15, 0.2) is 5.69 Å². The van der Waals surface area contributed by atoms with Gasteiger partial charge < -0.3 is 10.4 Å². The highest BCUT2D eigenvalue weighted by atomic mass is 32.1. The predicted molar refractivity (Wildman–Crippen MR) is 67.5 cm³/mol. The largest absolute Gasteiger partial charge is 0.476 e. The summed E-state index contributed by atoms with van der Waals surface area (Å²) in [5.41, 5.74) is 0.660. The van der Waals surface area contributed by atoms with Crippen molar-refractivity contribution in [2.24, 2.45) is 0 Å². The quantitative estimate of drug-likeness (QED) is 0.896. The smallest absolute Gasteiger partial charge is 0.355 e. The molecular formula is C12H8FN3O2S. The van der Waals surface area contributed by atoms with Crippen LogP contribution in [0.4, 0.5) is 10.1 Å². The fourth-order valence-electron chi connectivity index (χ4n) is 1.42. The number of nitrogens with zero attached hydrogens (tertiary/aromatic N) is 2. The van der Waals surface area contributed by atoms with Gasteiger partial charge in [0.25, 0.3) is 0 Å². The number of nitrogens with one attached hydrogen (secondary N) is 1. The molecule has 5 nitrogen and oxygen atoms in total. The van der Waals surface area contributed by atoms with Gasteiger partial charge in [-0.1, -0.05) is 0 Å². The van der Waals surface area contributed by atoms with E-state index in [0.717, 1.165) is 6.07 Å². The molecule has 1 aromatic carbocycles.